The molecule has 12 heteroatoms. The molecule has 1 atom stereocenters. The molecule has 6 nitrogen and oxygen atoms in total. The molecule has 1 heterocycles. The van der Waals surface area contributed by atoms with Crippen molar-refractivity contribution in [2.45, 2.75) is 35.7 Å². The second-order valence-corrected chi connectivity index (χ2v) is 13.3. The van der Waals surface area contributed by atoms with Gasteiger partial charge >= 0.3 is 6.18 Å². The van der Waals surface area contributed by atoms with E-state index in [1.54, 1.807) is 6.92 Å². The van der Waals surface area contributed by atoms with Crippen molar-refractivity contribution in [3.8, 4) is 0 Å². The monoisotopic (exact) mass is 551 g/mol. The van der Waals surface area contributed by atoms with Crippen LogP contribution in [0.2, 0.25) is 5.02 Å². The second-order valence-electron chi connectivity index (χ2n) is 8.83. The first-order valence-electron chi connectivity index (χ1n) is 10.8. The highest BCUT2D eigenvalue weighted by Gasteiger charge is 2.34. The number of hydrogen-bond acceptors (Lipinski definition) is 5. The minimum absolute atomic E-state index is 0.0236. The molecule has 2 aromatic rings. The Morgan fingerprint density at radius 3 is 2.29 bits per heavy atom. The van der Waals surface area contributed by atoms with Crippen LogP contribution < -0.4 is 0 Å². The highest BCUT2D eigenvalue weighted by molar-refractivity contribution is 7.91. The summed E-state index contributed by atoms with van der Waals surface area (Å²) in [7, 11) is -7.64. The van der Waals surface area contributed by atoms with E-state index in [9.17, 15) is 34.8 Å². The summed E-state index contributed by atoms with van der Waals surface area (Å²) in [4.78, 5) is 14.0. The Morgan fingerprint density at radius 1 is 1.09 bits per heavy atom. The molecule has 0 aliphatic carbocycles. The van der Waals surface area contributed by atoms with Crippen LogP contribution in [0.25, 0.3) is 0 Å². The lowest BCUT2D eigenvalue weighted by atomic mass is 9.86. The number of nitrogens with zero attached hydrogens (tertiary/aromatic N) is 1. The fourth-order valence-corrected chi connectivity index (χ4v) is 7.15. The topological polar surface area (TPSA) is 88.6 Å². The number of rotatable bonds is 6. The summed E-state index contributed by atoms with van der Waals surface area (Å²) in [6.07, 6.45) is -2.69. The van der Waals surface area contributed by atoms with Crippen molar-refractivity contribution in [2.24, 2.45) is 11.8 Å². The third kappa shape index (κ3) is 6.56. The Balaban J connectivity index is 1.68. The molecule has 35 heavy (non-hydrogen) atoms. The summed E-state index contributed by atoms with van der Waals surface area (Å²) in [5, 5.41) is 0.191. The molecule has 2 aromatic carbocycles. The van der Waals surface area contributed by atoms with Crippen molar-refractivity contribution < 1.29 is 34.8 Å². The van der Waals surface area contributed by atoms with Crippen LogP contribution >= 0.6 is 11.6 Å². The first-order chi connectivity index (χ1) is 16.1. The number of piperidine rings is 1. The highest BCUT2D eigenvalue weighted by atomic mass is 35.5. The van der Waals surface area contributed by atoms with Crippen molar-refractivity contribution in [1.29, 1.82) is 0 Å². The predicted octanol–water partition coefficient (Wildman–Crippen LogP) is 4.72. The molecule has 1 fully saturated rings. The van der Waals surface area contributed by atoms with E-state index < -0.39 is 37.3 Å². The zero-order valence-electron chi connectivity index (χ0n) is 19.0. The van der Waals surface area contributed by atoms with Gasteiger partial charge in [-0.2, -0.15) is 13.2 Å². The SMILES string of the molecule is CC(CS(=O)(=O)c1cccc(C(F)(F)F)c1)C1CCN(C(=O)c2ccc(Cl)cc2S(C)(=O)=O)CC1. The molecule has 1 amide bonds. The summed E-state index contributed by atoms with van der Waals surface area (Å²) in [5.74, 6) is -1.19. The lowest BCUT2D eigenvalue weighted by Crippen LogP contribution is -2.41. The van der Waals surface area contributed by atoms with Crippen LogP contribution in [0.3, 0.4) is 0 Å². The minimum atomic E-state index is -4.64. The normalized spacial score (nSPS) is 16.8. The molecular weight excluding hydrogens is 527 g/mol. The van der Waals surface area contributed by atoms with Crippen LogP contribution in [0, 0.1) is 11.8 Å². The first-order valence-corrected chi connectivity index (χ1v) is 14.7. The van der Waals surface area contributed by atoms with Gasteiger partial charge in [-0.25, -0.2) is 16.8 Å². The Morgan fingerprint density at radius 2 is 1.71 bits per heavy atom. The van der Waals surface area contributed by atoms with Gasteiger partial charge in [-0.15, -0.1) is 0 Å². The fourth-order valence-electron chi connectivity index (χ4n) is 4.27. The van der Waals surface area contributed by atoms with Gasteiger partial charge < -0.3 is 4.90 Å². The highest BCUT2D eigenvalue weighted by Crippen LogP contribution is 2.33. The average Bonchev–Trinajstić information content (AvgIpc) is 2.77. The van der Waals surface area contributed by atoms with Crippen molar-refractivity contribution in [1.82, 2.24) is 4.90 Å². The summed E-state index contributed by atoms with van der Waals surface area (Å²) < 4.78 is 88.7. The van der Waals surface area contributed by atoms with Gasteiger partial charge in [0.05, 0.1) is 26.7 Å². The van der Waals surface area contributed by atoms with Crippen molar-refractivity contribution in [3.63, 3.8) is 0 Å². The predicted molar refractivity (Wildman–Crippen MR) is 126 cm³/mol. The standard InChI is InChI=1S/C23H25ClF3NO5S2/c1-15(14-35(32,33)19-5-3-4-17(12-19)23(25,26)27)16-8-10-28(11-9-16)22(29)20-7-6-18(24)13-21(20)34(2,30)31/h3-7,12-13,15-16H,8-11,14H2,1-2H3. The molecule has 0 bridgehead atoms. The summed E-state index contributed by atoms with van der Waals surface area (Å²) >= 11 is 5.90. The van der Waals surface area contributed by atoms with E-state index >= 15 is 0 Å². The number of halogens is 4. The fraction of sp³-hybridized carbons (Fsp3) is 0.435. The van der Waals surface area contributed by atoms with E-state index in [1.807, 2.05) is 0 Å². The largest absolute Gasteiger partial charge is 0.416 e. The minimum Gasteiger partial charge on any atom is -0.339 e. The zero-order chi connectivity index (χ0) is 26.2. The smallest absolute Gasteiger partial charge is 0.339 e. The van der Waals surface area contributed by atoms with E-state index in [-0.39, 0.29) is 38.0 Å². The average molecular weight is 552 g/mol. The number of sulfone groups is 2. The quantitative estimate of drug-likeness (QED) is 0.518. The van der Waals surface area contributed by atoms with Crippen molar-refractivity contribution in [2.75, 3.05) is 25.1 Å². The zero-order valence-corrected chi connectivity index (χ0v) is 21.4. The lowest BCUT2D eigenvalue weighted by Gasteiger charge is -2.35. The first kappa shape index (κ1) is 27.5. The van der Waals surface area contributed by atoms with Crippen LogP contribution in [0.5, 0.6) is 0 Å². The van der Waals surface area contributed by atoms with Gasteiger partial charge in [0.15, 0.2) is 19.7 Å². The van der Waals surface area contributed by atoms with Crippen LogP contribution in [0.1, 0.15) is 35.7 Å². The summed E-state index contributed by atoms with van der Waals surface area (Å²) in [6, 6.07) is 7.75. The molecule has 1 aliphatic heterocycles. The van der Waals surface area contributed by atoms with E-state index in [0.29, 0.717) is 32.0 Å². The van der Waals surface area contributed by atoms with Crippen molar-refractivity contribution in [3.05, 3.63) is 58.6 Å². The van der Waals surface area contributed by atoms with Gasteiger partial charge in [0.1, 0.15) is 0 Å². The van der Waals surface area contributed by atoms with Gasteiger partial charge in [-0.05, 0) is 61.1 Å². The maximum atomic E-state index is 13.0. The Kier molecular flexibility index (Phi) is 7.93. The maximum absolute atomic E-state index is 13.0. The molecule has 0 N–H and O–H groups in total. The molecule has 0 spiro atoms. The molecule has 0 saturated carbocycles. The molecule has 3 rings (SSSR count). The van der Waals surface area contributed by atoms with Gasteiger partial charge in [0.2, 0.25) is 0 Å². The van der Waals surface area contributed by atoms with Gasteiger partial charge in [0.25, 0.3) is 5.91 Å². The van der Waals surface area contributed by atoms with E-state index in [4.69, 9.17) is 11.6 Å². The summed E-state index contributed by atoms with van der Waals surface area (Å²) in [5.41, 5.74) is -0.996. The Hall–Kier alpha value is -2.11. The Bertz CT molecular complexity index is 1320. The van der Waals surface area contributed by atoms with Crippen LogP contribution in [-0.4, -0.2) is 52.7 Å². The number of benzene rings is 2. The molecular formula is C23H25ClF3NO5S2. The van der Waals surface area contributed by atoms with E-state index in [2.05, 4.69) is 0 Å². The number of carbonyl (C=O) groups excluding carboxylic acids is 1. The molecule has 1 saturated heterocycles. The van der Waals surface area contributed by atoms with Crippen LogP contribution in [0.4, 0.5) is 13.2 Å². The molecule has 1 aliphatic rings. The van der Waals surface area contributed by atoms with Gasteiger partial charge in [-0.1, -0.05) is 24.6 Å². The molecule has 1 unspecified atom stereocenters. The van der Waals surface area contributed by atoms with Gasteiger partial charge in [0, 0.05) is 24.4 Å². The second kappa shape index (κ2) is 10.1. The summed E-state index contributed by atoms with van der Waals surface area (Å²) in [6.45, 7) is 2.32. The van der Waals surface area contributed by atoms with E-state index in [0.717, 1.165) is 24.5 Å². The maximum Gasteiger partial charge on any atom is 0.416 e. The van der Waals surface area contributed by atoms with Gasteiger partial charge in [-0.3, -0.25) is 4.79 Å². The molecule has 0 radical (unpaired) electrons. The van der Waals surface area contributed by atoms with Crippen molar-refractivity contribution >= 4 is 37.2 Å². The number of amides is 1. The Labute approximate surface area is 207 Å². The third-order valence-electron chi connectivity index (χ3n) is 6.21. The number of carbonyl (C=O) groups is 1. The lowest BCUT2D eigenvalue weighted by molar-refractivity contribution is -0.137. The van der Waals surface area contributed by atoms with E-state index in [1.165, 1.54) is 23.1 Å². The molecule has 0 aromatic heterocycles. The molecule has 192 valence electrons. The number of alkyl halides is 3. The van der Waals surface area contributed by atoms with Crippen LogP contribution in [0.15, 0.2) is 52.3 Å². The van der Waals surface area contributed by atoms with Crippen LogP contribution in [-0.2, 0) is 25.9 Å². The number of likely N-dealkylation sites (tertiary alicyclic amines) is 1. The number of hydrogen-bond donors (Lipinski definition) is 0. The third-order valence-corrected chi connectivity index (χ3v) is 9.52.